The lowest BCUT2D eigenvalue weighted by atomic mass is 10.1. The summed E-state index contributed by atoms with van der Waals surface area (Å²) in [6.45, 7) is 10.5. The maximum absolute atomic E-state index is 12.3. The summed E-state index contributed by atoms with van der Waals surface area (Å²) in [6.07, 6.45) is -0.233. The minimum absolute atomic E-state index is 0.220. The molecule has 1 heterocycles. The van der Waals surface area contributed by atoms with Gasteiger partial charge < -0.3 is 19.3 Å². The maximum Gasteiger partial charge on any atom is 0.410 e. The van der Waals surface area contributed by atoms with Gasteiger partial charge in [-0.05, 0) is 57.5 Å². The van der Waals surface area contributed by atoms with Crippen LogP contribution in [0.4, 0.5) is 10.5 Å². The zero-order valence-corrected chi connectivity index (χ0v) is 17.2. The molecule has 0 aliphatic carbocycles. The van der Waals surface area contributed by atoms with E-state index in [-0.39, 0.29) is 12.1 Å². The fourth-order valence-electron chi connectivity index (χ4n) is 3.31. The summed E-state index contributed by atoms with van der Waals surface area (Å²) in [6, 6.07) is 18.5. The Kier molecular flexibility index (Phi) is 6.12. The largest absolute Gasteiger partial charge is 0.489 e. The fraction of sp³-hybridized carbons (Fsp3) is 0.435. The van der Waals surface area contributed by atoms with Gasteiger partial charge in [0.05, 0.1) is 0 Å². The van der Waals surface area contributed by atoms with Crippen molar-refractivity contribution in [3.63, 3.8) is 0 Å². The number of hydrogen-bond acceptors (Lipinski definition) is 4. The minimum Gasteiger partial charge on any atom is -0.489 e. The first-order valence-corrected chi connectivity index (χ1v) is 9.83. The van der Waals surface area contributed by atoms with Crippen molar-refractivity contribution in [3.8, 4) is 5.75 Å². The number of benzene rings is 2. The first-order chi connectivity index (χ1) is 13.3. The fourth-order valence-corrected chi connectivity index (χ4v) is 3.31. The number of ether oxygens (including phenoxy) is 2. The molecule has 0 radical (unpaired) electrons. The lowest BCUT2D eigenvalue weighted by Crippen LogP contribution is -2.54. The third kappa shape index (κ3) is 5.41. The van der Waals surface area contributed by atoms with Crippen molar-refractivity contribution in [2.75, 3.05) is 24.5 Å². The van der Waals surface area contributed by atoms with Gasteiger partial charge in [-0.25, -0.2) is 4.79 Å². The van der Waals surface area contributed by atoms with Crippen LogP contribution in [0.1, 0.15) is 33.3 Å². The van der Waals surface area contributed by atoms with E-state index in [9.17, 15) is 4.79 Å². The summed E-state index contributed by atoms with van der Waals surface area (Å²) in [7, 11) is 0. The standard InChI is InChI=1S/C23H30N2O3/c1-18-16-24(22(26)28-23(2,3)4)14-15-25(18)20-10-12-21(13-11-20)27-17-19-8-6-5-7-9-19/h5-13,18H,14-17H2,1-4H3/t18-/m1/s1. The molecule has 28 heavy (non-hydrogen) atoms. The molecule has 5 heteroatoms. The van der Waals surface area contributed by atoms with Gasteiger partial charge in [-0.15, -0.1) is 0 Å². The Labute approximate surface area is 167 Å². The molecular formula is C23H30N2O3. The van der Waals surface area contributed by atoms with Crippen LogP contribution in [-0.2, 0) is 11.3 Å². The Morgan fingerprint density at radius 1 is 1.04 bits per heavy atom. The molecule has 1 atom stereocenters. The number of carbonyl (C=O) groups is 1. The van der Waals surface area contributed by atoms with E-state index in [0.717, 1.165) is 23.5 Å². The lowest BCUT2D eigenvalue weighted by molar-refractivity contribution is 0.0219. The van der Waals surface area contributed by atoms with Crippen LogP contribution < -0.4 is 9.64 Å². The van der Waals surface area contributed by atoms with E-state index >= 15 is 0 Å². The van der Waals surface area contributed by atoms with Crippen molar-refractivity contribution in [2.45, 2.75) is 45.9 Å². The number of carbonyl (C=O) groups excluding carboxylic acids is 1. The topological polar surface area (TPSA) is 42.0 Å². The number of anilines is 1. The molecule has 0 spiro atoms. The molecule has 150 valence electrons. The van der Waals surface area contributed by atoms with Gasteiger partial charge in [0, 0.05) is 31.4 Å². The third-order valence-corrected chi connectivity index (χ3v) is 4.70. The Morgan fingerprint density at radius 2 is 1.71 bits per heavy atom. The predicted molar refractivity (Wildman–Crippen MR) is 112 cm³/mol. The second-order valence-electron chi connectivity index (χ2n) is 8.24. The smallest absolute Gasteiger partial charge is 0.410 e. The number of piperazine rings is 1. The Hall–Kier alpha value is -2.69. The summed E-state index contributed by atoms with van der Waals surface area (Å²) in [5, 5.41) is 0. The van der Waals surface area contributed by atoms with E-state index < -0.39 is 5.60 Å². The molecule has 0 unspecified atom stereocenters. The average Bonchev–Trinajstić information content (AvgIpc) is 2.66. The first kappa shape index (κ1) is 20.1. The number of nitrogens with zero attached hydrogens (tertiary/aromatic N) is 2. The van der Waals surface area contributed by atoms with Crippen LogP contribution in [-0.4, -0.2) is 42.3 Å². The highest BCUT2D eigenvalue weighted by Crippen LogP contribution is 2.24. The number of hydrogen-bond donors (Lipinski definition) is 0. The molecule has 5 nitrogen and oxygen atoms in total. The summed E-state index contributed by atoms with van der Waals surface area (Å²) < 4.78 is 11.4. The van der Waals surface area contributed by atoms with E-state index in [0.29, 0.717) is 19.7 Å². The van der Waals surface area contributed by atoms with Gasteiger partial charge in [-0.1, -0.05) is 30.3 Å². The molecule has 2 aromatic rings. The Bertz CT molecular complexity index is 769. The highest BCUT2D eigenvalue weighted by atomic mass is 16.6. The third-order valence-electron chi connectivity index (χ3n) is 4.70. The van der Waals surface area contributed by atoms with Gasteiger partial charge in [-0.3, -0.25) is 0 Å². The van der Waals surface area contributed by atoms with E-state index in [1.807, 2.05) is 51.1 Å². The monoisotopic (exact) mass is 382 g/mol. The van der Waals surface area contributed by atoms with Gasteiger partial charge >= 0.3 is 6.09 Å². The normalized spacial score (nSPS) is 17.4. The molecule has 1 fully saturated rings. The summed E-state index contributed by atoms with van der Waals surface area (Å²) in [5.41, 5.74) is 1.83. The summed E-state index contributed by atoms with van der Waals surface area (Å²) >= 11 is 0. The quantitative estimate of drug-likeness (QED) is 0.768. The molecule has 1 saturated heterocycles. The predicted octanol–water partition coefficient (Wildman–Crippen LogP) is 4.71. The highest BCUT2D eigenvalue weighted by molar-refractivity contribution is 5.69. The van der Waals surface area contributed by atoms with Crippen LogP contribution in [0.3, 0.4) is 0 Å². The highest BCUT2D eigenvalue weighted by Gasteiger charge is 2.29. The van der Waals surface area contributed by atoms with Crippen molar-refractivity contribution >= 4 is 11.8 Å². The molecule has 3 rings (SSSR count). The summed E-state index contributed by atoms with van der Waals surface area (Å²) in [5.74, 6) is 0.854. The maximum atomic E-state index is 12.3. The lowest BCUT2D eigenvalue weighted by Gasteiger charge is -2.41. The van der Waals surface area contributed by atoms with E-state index in [2.05, 4.69) is 36.1 Å². The molecule has 2 aromatic carbocycles. The van der Waals surface area contributed by atoms with Gasteiger partial charge in [0.15, 0.2) is 0 Å². The first-order valence-electron chi connectivity index (χ1n) is 9.83. The molecule has 1 amide bonds. The van der Waals surface area contributed by atoms with E-state index in [1.165, 1.54) is 0 Å². The van der Waals surface area contributed by atoms with Crippen molar-refractivity contribution in [3.05, 3.63) is 60.2 Å². The van der Waals surface area contributed by atoms with E-state index in [1.54, 1.807) is 4.90 Å². The van der Waals surface area contributed by atoms with Crippen molar-refractivity contribution in [2.24, 2.45) is 0 Å². The molecule has 1 aliphatic rings. The zero-order chi connectivity index (χ0) is 20.1. The molecule has 0 saturated carbocycles. The Balaban J connectivity index is 1.55. The number of rotatable bonds is 4. The SMILES string of the molecule is C[C@@H]1CN(C(=O)OC(C)(C)C)CCN1c1ccc(OCc2ccccc2)cc1. The van der Waals surface area contributed by atoms with Gasteiger partial charge in [-0.2, -0.15) is 0 Å². The van der Waals surface area contributed by atoms with Crippen LogP contribution >= 0.6 is 0 Å². The van der Waals surface area contributed by atoms with E-state index in [4.69, 9.17) is 9.47 Å². The average molecular weight is 383 g/mol. The van der Waals surface area contributed by atoms with Crippen LogP contribution in [0.15, 0.2) is 54.6 Å². The molecule has 0 aromatic heterocycles. The van der Waals surface area contributed by atoms with Gasteiger partial charge in [0.1, 0.15) is 18.0 Å². The van der Waals surface area contributed by atoms with Crippen molar-refractivity contribution in [1.29, 1.82) is 0 Å². The Morgan fingerprint density at radius 3 is 2.32 bits per heavy atom. The molecule has 0 N–H and O–H groups in total. The van der Waals surface area contributed by atoms with Crippen molar-refractivity contribution < 1.29 is 14.3 Å². The van der Waals surface area contributed by atoms with Crippen LogP contribution in [0.2, 0.25) is 0 Å². The van der Waals surface area contributed by atoms with Crippen molar-refractivity contribution in [1.82, 2.24) is 4.90 Å². The summed E-state index contributed by atoms with van der Waals surface area (Å²) in [4.78, 5) is 16.4. The van der Waals surface area contributed by atoms with Gasteiger partial charge in [0.2, 0.25) is 0 Å². The van der Waals surface area contributed by atoms with Gasteiger partial charge in [0.25, 0.3) is 0 Å². The molecular weight excluding hydrogens is 352 g/mol. The number of amides is 1. The van der Waals surface area contributed by atoms with Crippen LogP contribution in [0.5, 0.6) is 5.75 Å². The van der Waals surface area contributed by atoms with Crippen LogP contribution in [0.25, 0.3) is 0 Å². The second-order valence-corrected chi connectivity index (χ2v) is 8.24. The molecule has 1 aliphatic heterocycles. The second kappa shape index (κ2) is 8.55. The molecule has 0 bridgehead atoms. The minimum atomic E-state index is -0.465. The van der Waals surface area contributed by atoms with Crippen LogP contribution in [0, 0.1) is 0 Å². The zero-order valence-electron chi connectivity index (χ0n) is 17.2.